The van der Waals surface area contributed by atoms with E-state index in [1.807, 2.05) is 25.1 Å². The number of nitrogens with zero attached hydrogens (tertiary/aromatic N) is 1. The number of hydrogen-bond donors (Lipinski definition) is 2. The molecule has 6 heteroatoms. The lowest BCUT2D eigenvalue weighted by atomic mass is 10.1. The number of nitrogens with one attached hydrogen (secondary N) is 2. The zero-order valence-electron chi connectivity index (χ0n) is 13.5. The number of amides is 3. The lowest BCUT2D eigenvalue weighted by Gasteiger charge is -2.14. The van der Waals surface area contributed by atoms with E-state index < -0.39 is 17.7 Å². The molecule has 0 spiro atoms. The Morgan fingerprint density at radius 1 is 1.04 bits per heavy atom. The molecule has 1 aliphatic rings. The van der Waals surface area contributed by atoms with Crippen molar-refractivity contribution in [2.45, 2.75) is 6.92 Å². The van der Waals surface area contributed by atoms with Crippen LogP contribution in [-0.2, 0) is 4.79 Å². The van der Waals surface area contributed by atoms with Gasteiger partial charge in [-0.2, -0.15) is 0 Å². The van der Waals surface area contributed by atoms with Gasteiger partial charge in [0.15, 0.2) is 0 Å². The predicted octanol–water partition coefficient (Wildman–Crippen LogP) is 2.71. The van der Waals surface area contributed by atoms with Gasteiger partial charge in [-0.3, -0.25) is 19.3 Å². The molecule has 3 amide bonds. The molecule has 0 atom stereocenters. The Bertz CT molecular complexity index is 1000. The van der Waals surface area contributed by atoms with Crippen molar-refractivity contribution in [2.24, 2.45) is 0 Å². The molecule has 3 aromatic rings. The van der Waals surface area contributed by atoms with E-state index in [2.05, 4.69) is 10.3 Å². The number of aromatic amines is 1. The molecule has 0 unspecified atom stereocenters. The molecule has 0 bridgehead atoms. The summed E-state index contributed by atoms with van der Waals surface area (Å²) in [6.07, 6.45) is 0. The highest BCUT2D eigenvalue weighted by Crippen LogP contribution is 2.25. The van der Waals surface area contributed by atoms with Crippen molar-refractivity contribution >= 4 is 34.3 Å². The van der Waals surface area contributed by atoms with Gasteiger partial charge in [0.05, 0.1) is 16.8 Å². The first-order valence-corrected chi connectivity index (χ1v) is 7.88. The fourth-order valence-corrected chi connectivity index (χ4v) is 3.12. The lowest BCUT2D eigenvalue weighted by Crippen LogP contribution is -2.37. The number of rotatable bonds is 3. The monoisotopic (exact) mass is 333 g/mol. The fourth-order valence-electron chi connectivity index (χ4n) is 3.12. The van der Waals surface area contributed by atoms with Gasteiger partial charge in [0, 0.05) is 16.6 Å². The van der Waals surface area contributed by atoms with Crippen molar-refractivity contribution in [2.75, 3.05) is 11.9 Å². The standard InChI is InChI=1S/C19H15N3O3/c1-11-9-14-15(20-11)7-4-8-16(14)21-17(23)10-22-18(24)12-5-2-3-6-13(12)19(22)25/h2-9,20H,10H2,1H3,(H,21,23). The van der Waals surface area contributed by atoms with Crippen molar-refractivity contribution < 1.29 is 14.4 Å². The highest BCUT2D eigenvalue weighted by molar-refractivity contribution is 6.22. The molecule has 124 valence electrons. The number of carbonyl (C=O) groups is 3. The fraction of sp³-hybridized carbons (Fsp3) is 0.105. The molecule has 0 saturated heterocycles. The number of H-pyrrole nitrogens is 1. The highest BCUT2D eigenvalue weighted by atomic mass is 16.2. The summed E-state index contributed by atoms with van der Waals surface area (Å²) in [5.41, 5.74) is 3.21. The van der Waals surface area contributed by atoms with Gasteiger partial charge >= 0.3 is 0 Å². The van der Waals surface area contributed by atoms with E-state index in [1.165, 1.54) is 0 Å². The summed E-state index contributed by atoms with van der Waals surface area (Å²) in [6.45, 7) is 1.62. The molecule has 2 heterocycles. The van der Waals surface area contributed by atoms with Crippen LogP contribution in [0.5, 0.6) is 0 Å². The molecule has 0 saturated carbocycles. The molecule has 2 aromatic carbocycles. The largest absolute Gasteiger partial charge is 0.359 e. The number of hydrogen-bond acceptors (Lipinski definition) is 3. The van der Waals surface area contributed by atoms with Crippen LogP contribution in [0.15, 0.2) is 48.5 Å². The van der Waals surface area contributed by atoms with Gasteiger partial charge < -0.3 is 10.3 Å². The quantitative estimate of drug-likeness (QED) is 0.723. The predicted molar refractivity (Wildman–Crippen MR) is 93.5 cm³/mol. The number of anilines is 1. The van der Waals surface area contributed by atoms with E-state index in [9.17, 15) is 14.4 Å². The zero-order chi connectivity index (χ0) is 17.6. The summed E-state index contributed by atoms with van der Waals surface area (Å²) in [6, 6.07) is 14.1. The van der Waals surface area contributed by atoms with Gasteiger partial charge in [-0.15, -0.1) is 0 Å². The maximum atomic E-state index is 12.4. The van der Waals surface area contributed by atoms with E-state index in [-0.39, 0.29) is 6.54 Å². The molecule has 1 aromatic heterocycles. The molecule has 6 nitrogen and oxygen atoms in total. The topological polar surface area (TPSA) is 82.3 Å². The normalized spacial score (nSPS) is 13.4. The molecule has 4 rings (SSSR count). The second-order valence-corrected chi connectivity index (χ2v) is 6.01. The van der Waals surface area contributed by atoms with E-state index in [4.69, 9.17) is 0 Å². The van der Waals surface area contributed by atoms with Crippen LogP contribution in [-0.4, -0.2) is 34.2 Å². The maximum Gasteiger partial charge on any atom is 0.262 e. The lowest BCUT2D eigenvalue weighted by molar-refractivity contribution is -0.116. The molecule has 0 aliphatic carbocycles. The molecular weight excluding hydrogens is 318 g/mol. The Kier molecular flexibility index (Phi) is 3.39. The Hall–Kier alpha value is -3.41. The van der Waals surface area contributed by atoms with Crippen LogP contribution in [0.3, 0.4) is 0 Å². The molecule has 2 N–H and O–H groups in total. The van der Waals surface area contributed by atoms with Crippen LogP contribution < -0.4 is 5.32 Å². The summed E-state index contributed by atoms with van der Waals surface area (Å²) in [4.78, 5) is 41.2. The number of aryl methyl sites for hydroxylation is 1. The molecule has 0 fully saturated rings. The summed E-state index contributed by atoms with van der Waals surface area (Å²) in [5, 5.41) is 3.67. The average Bonchev–Trinajstić information content (AvgIpc) is 3.09. The third-order valence-corrected chi connectivity index (χ3v) is 4.25. The zero-order valence-corrected chi connectivity index (χ0v) is 13.5. The van der Waals surface area contributed by atoms with Crippen molar-refractivity contribution in [3.63, 3.8) is 0 Å². The minimum absolute atomic E-state index is 0.313. The smallest absolute Gasteiger partial charge is 0.262 e. The van der Waals surface area contributed by atoms with Crippen molar-refractivity contribution in [1.29, 1.82) is 0 Å². The Labute approximate surface area is 143 Å². The van der Waals surface area contributed by atoms with Gasteiger partial charge in [-0.05, 0) is 37.3 Å². The third-order valence-electron chi connectivity index (χ3n) is 4.25. The number of benzene rings is 2. The Balaban J connectivity index is 1.55. The van der Waals surface area contributed by atoms with Gasteiger partial charge in [-0.1, -0.05) is 18.2 Å². The number of fused-ring (bicyclic) bond motifs is 2. The summed E-state index contributed by atoms with van der Waals surface area (Å²) in [5.74, 6) is -1.29. The Morgan fingerprint density at radius 3 is 2.40 bits per heavy atom. The van der Waals surface area contributed by atoms with Crippen LogP contribution in [0.1, 0.15) is 26.4 Å². The summed E-state index contributed by atoms with van der Waals surface area (Å²) in [7, 11) is 0. The first-order valence-electron chi connectivity index (χ1n) is 7.88. The van der Waals surface area contributed by atoms with Crippen LogP contribution >= 0.6 is 0 Å². The van der Waals surface area contributed by atoms with Crippen LogP contribution in [0.25, 0.3) is 10.9 Å². The highest BCUT2D eigenvalue weighted by Gasteiger charge is 2.36. The van der Waals surface area contributed by atoms with Crippen molar-refractivity contribution in [3.05, 3.63) is 65.4 Å². The SMILES string of the molecule is Cc1cc2c(NC(=O)CN3C(=O)c4ccccc4C3=O)cccc2[nH]1. The van der Waals surface area contributed by atoms with Crippen LogP contribution in [0.4, 0.5) is 5.69 Å². The number of imide groups is 1. The summed E-state index contributed by atoms with van der Waals surface area (Å²) >= 11 is 0. The van der Waals surface area contributed by atoms with Crippen LogP contribution in [0.2, 0.25) is 0 Å². The Morgan fingerprint density at radius 2 is 1.72 bits per heavy atom. The van der Waals surface area contributed by atoms with E-state index >= 15 is 0 Å². The summed E-state index contributed by atoms with van der Waals surface area (Å²) < 4.78 is 0. The third kappa shape index (κ3) is 2.48. The second-order valence-electron chi connectivity index (χ2n) is 6.01. The molecule has 25 heavy (non-hydrogen) atoms. The number of aromatic nitrogens is 1. The van der Waals surface area contributed by atoms with Crippen molar-refractivity contribution in [1.82, 2.24) is 9.88 Å². The minimum Gasteiger partial charge on any atom is -0.359 e. The minimum atomic E-state index is -0.438. The van der Waals surface area contributed by atoms with Gasteiger partial charge in [-0.25, -0.2) is 0 Å². The molecule has 0 radical (unpaired) electrons. The van der Waals surface area contributed by atoms with Crippen LogP contribution in [0, 0.1) is 6.92 Å². The van der Waals surface area contributed by atoms with Gasteiger partial charge in [0.1, 0.15) is 6.54 Å². The van der Waals surface area contributed by atoms with E-state index in [0.29, 0.717) is 16.8 Å². The second kappa shape index (κ2) is 5.59. The number of carbonyl (C=O) groups excluding carboxylic acids is 3. The molecule has 1 aliphatic heterocycles. The van der Waals surface area contributed by atoms with E-state index in [0.717, 1.165) is 21.5 Å². The first kappa shape index (κ1) is 15.1. The molecular formula is C19H15N3O3. The maximum absolute atomic E-state index is 12.4. The van der Waals surface area contributed by atoms with Crippen molar-refractivity contribution in [3.8, 4) is 0 Å². The van der Waals surface area contributed by atoms with E-state index in [1.54, 1.807) is 30.3 Å². The average molecular weight is 333 g/mol. The van der Waals surface area contributed by atoms with Gasteiger partial charge in [0.25, 0.3) is 11.8 Å². The first-order chi connectivity index (χ1) is 12.0. The van der Waals surface area contributed by atoms with Gasteiger partial charge in [0.2, 0.25) is 5.91 Å².